The molecule has 0 spiro atoms. The number of nitrogens with zero attached hydrogens (tertiary/aromatic N) is 4. The molecule has 3 aromatic rings. The molecule has 3 atom stereocenters. The SMILES string of the molecule is C=C(N=C(N=C(C)c1ccc(CCC(CC)CCCC)cc1C#N)c1ccc(CCC(CC)CCCC)cc1C#N)c1ccc(CCC(C)CCCC)cc1. The maximum absolute atomic E-state index is 10.5. The highest BCUT2D eigenvalue weighted by molar-refractivity contribution is 6.14. The zero-order chi connectivity index (χ0) is 40.0. The highest BCUT2D eigenvalue weighted by atomic mass is 14.9. The molecule has 3 unspecified atom stereocenters. The van der Waals surface area contributed by atoms with Crippen molar-refractivity contribution in [3.8, 4) is 12.1 Å². The third kappa shape index (κ3) is 15.1. The van der Waals surface area contributed by atoms with Gasteiger partial charge in [0.15, 0.2) is 5.84 Å². The van der Waals surface area contributed by atoms with Crippen LogP contribution in [0.2, 0.25) is 0 Å². The number of amidine groups is 1. The first-order valence-corrected chi connectivity index (χ1v) is 21.7. The van der Waals surface area contributed by atoms with Gasteiger partial charge >= 0.3 is 0 Å². The first-order chi connectivity index (χ1) is 26.7. The summed E-state index contributed by atoms with van der Waals surface area (Å²) in [6.07, 6.45) is 20.1. The Bertz CT molecular complexity index is 1760. The lowest BCUT2D eigenvalue weighted by molar-refractivity contribution is 0.422. The molecule has 294 valence electrons. The summed E-state index contributed by atoms with van der Waals surface area (Å²) in [5.41, 5.74) is 8.50. The fourth-order valence-corrected chi connectivity index (χ4v) is 7.55. The van der Waals surface area contributed by atoms with Crippen molar-refractivity contribution in [3.63, 3.8) is 0 Å². The van der Waals surface area contributed by atoms with Gasteiger partial charge in [-0.3, -0.25) is 0 Å². The number of hydrogen-bond acceptors (Lipinski definition) is 3. The molecule has 3 aromatic carbocycles. The third-order valence-electron chi connectivity index (χ3n) is 11.6. The van der Waals surface area contributed by atoms with Gasteiger partial charge in [0, 0.05) is 16.8 Å². The smallest absolute Gasteiger partial charge is 0.161 e. The lowest BCUT2D eigenvalue weighted by Crippen LogP contribution is -2.09. The van der Waals surface area contributed by atoms with E-state index in [1.807, 2.05) is 31.2 Å². The number of unbranched alkanes of at least 4 members (excludes halogenated alkanes) is 3. The van der Waals surface area contributed by atoms with Crippen molar-refractivity contribution >= 4 is 17.2 Å². The van der Waals surface area contributed by atoms with Crippen LogP contribution in [0.5, 0.6) is 0 Å². The molecular formula is C51H70N4. The van der Waals surface area contributed by atoms with E-state index in [9.17, 15) is 10.5 Å². The average Bonchev–Trinajstić information content (AvgIpc) is 3.21. The number of aryl methyl sites for hydroxylation is 3. The summed E-state index contributed by atoms with van der Waals surface area (Å²) in [4.78, 5) is 10.1. The van der Waals surface area contributed by atoms with Gasteiger partial charge in [-0.1, -0.05) is 161 Å². The molecule has 0 fully saturated rings. The van der Waals surface area contributed by atoms with Crippen LogP contribution in [0, 0.1) is 40.4 Å². The molecule has 0 aliphatic rings. The van der Waals surface area contributed by atoms with Crippen LogP contribution in [0.4, 0.5) is 0 Å². The molecule has 0 bridgehead atoms. The van der Waals surface area contributed by atoms with Gasteiger partial charge in [-0.25, -0.2) is 9.98 Å². The summed E-state index contributed by atoms with van der Waals surface area (Å²) in [7, 11) is 0. The lowest BCUT2D eigenvalue weighted by atomic mass is 9.91. The minimum absolute atomic E-state index is 0.434. The minimum atomic E-state index is 0.434. The topological polar surface area (TPSA) is 72.3 Å². The van der Waals surface area contributed by atoms with Crippen molar-refractivity contribution in [1.29, 1.82) is 10.5 Å². The molecule has 0 aliphatic carbocycles. The van der Waals surface area contributed by atoms with E-state index in [2.05, 4.69) is 96.7 Å². The van der Waals surface area contributed by atoms with Crippen molar-refractivity contribution in [3.05, 3.63) is 112 Å². The monoisotopic (exact) mass is 739 g/mol. The zero-order valence-corrected chi connectivity index (χ0v) is 35.5. The molecule has 0 saturated heterocycles. The second kappa shape index (κ2) is 25.0. The lowest BCUT2D eigenvalue weighted by Gasteiger charge is -2.15. The molecule has 0 aliphatic heterocycles. The number of benzene rings is 3. The van der Waals surface area contributed by atoms with E-state index in [0.717, 1.165) is 54.7 Å². The van der Waals surface area contributed by atoms with Crippen molar-refractivity contribution < 1.29 is 0 Å². The van der Waals surface area contributed by atoms with E-state index in [-0.39, 0.29) is 0 Å². The maximum Gasteiger partial charge on any atom is 0.161 e. The van der Waals surface area contributed by atoms with Gasteiger partial charge in [-0.05, 0) is 104 Å². The molecule has 4 heteroatoms. The van der Waals surface area contributed by atoms with Crippen LogP contribution in [0.15, 0.2) is 77.2 Å². The van der Waals surface area contributed by atoms with E-state index >= 15 is 0 Å². The highest BCUT2D eigenvalue weighted by Gasteiger charge is 2.16. The van der Waals surface area contributed by atoms with Gasteiger partial charge in [-0.2, -0.15) is 10.5 Å². The number of nitriles is 2. The van der Waals surface area contributed by atoms with E-state index < -0.39 is 0 Å². The van der Waals surface area contributed by atoms with E-state index in [0.29, 0.717) is 45.8 Å². The molecule has 0 radical (unpaired) electrons. The first-order valence-electron chi connectivity index (χ1n) is 21.7. The summed E-state index contributed by atoms with van der Waals surface area (Å²) in [6.45, 7) is 20.0. The number of rotatable bonds is 24. The van der Waals surface area contributed by atoms with Gasteiger partial charge < -0.3 is 0 Å². The van der Waals surface area contributed by atoms with Crippen LogP contribution in [-0.2, 0) is 19.3 Å². The van der Waals surface area contributed by atoms with Gasteiger partial charge in [-0.15, -0.1) is 0 Å². The number of hydrogen-bond donors (Lipinski definition) is 0. The Morgan fingerprint density at radius 2 is 1.07 bits per heavy atom. The maximum atomic E-state index is 10.5. The number of aliphatic imine (C=N–C) groups is 2. The van der Waals surface area contributed by atoms with Crippen molar-refractivity contribution in [1.82, 2.24) is 0 Å². The van der Waals surface area contributed by atoms with Gasteiger partial charge in [0.05, 0.1) is 29.0 Å². The normalized spacial score (nSPS) is 13.5. The molecule has 0 heterocycles. The van der Waals surface area contributed by atoms with Crippen LogP contribution in [0.3, 0.4) is 0 Å². The van der Waals surface area contributed by atoms with Crippen LogP contribution in [0.1, 0.15) is 183 Å². The molecule has 0 aromatic heterocycles. The predicted molar refractivity (Wildman–Crippen MR) is 237 cm³/mol. The summed E-state index contributed by atoms with van der Waals surface area (Å²) in [5.74, 6) is 2.57. The quantitative estimate of drug-likeness (QED) is 0.0678. The van der Waals surface area contributed by atoms with Gasteiger partial charge in [0.25, 0.3) is 0 Å². The van der Waals surface area contributed by atoms with Gasteiger partial charge in [0.1, 0.15) is 0 Å². The van der Waals surface area contributed by atoms with Crippen molar-refractivity contribution in [2.75, 3.05) is 0 Å². The van der Waals surface area contributed by atoms with Crippen LogP contribution >= 0.6 is 0 Å². The Morgan fingerprint density at radius 1 is 0.600 bits per heavy atom. The fourth-order valence-electron chi connectivity index (χ4n) is 7.55. The van der Waals surface area contributed by atoms with Crippen molar-refractivity contribution in [2.45, 2.75) is 158 Å². The molecule has 0 amide bonds. The zero-order valence-electron chi connectivity index (χ0n) is 35.5. The van der Waals surface area contributed by atoms with Crippen molar-refractivity contribution in [2.24, 2.45) is 27.7 Å². The van der Waals surface area contributed by atoms with Crippen LogP contribution in [0.25, 0.3) is 5.70 Å². The highest BCUT2D eigenvalue weighted by Crippen LogP contribution is 2.25. The fraction of sp³-hybridized carbons (Fsp3) is 0.529. The van der Waals surface area contributed by atoms with E-state index in [4.69, 9.17) is 9.98 Å². The second-order valence-corrected chi connectivity index (χ2v) is 16.0. The third-order valence-corrected chi connectivity index (χ3v) is 11.6. The standard InChI is InChI=1S/C51H70N4/c1-9-14-17-38(6)20-21-43-26-30-46(31-27-43)39(7)54-51(50-33-29-45(35-48(50)37-53)25-23-42(13-5)19-16-11-3)55-40(8)49-32-28-44(34-47(49)36-52)24-22-41(12-4)18-15-10-2/h26-35,38,41-42H,7,9-25H2,1-6,8H3. The van der Waals surface area contributed by atoms with Crippen LogP contribution < -0.4 is 0 Å². The van der Waals surface area contributed by atoms with E-state index in [1.165, 1.54) is 88.2 Å². The molecule has 3 rings (SSSR count). The predicted octanol–water partition coefficient (Wildman–Crippen LogP) is 14.4. The summed E-state index contributed by atoms with van der Waals surface area (Å²) in [6, 6.07) is 25.8. The molecule has 0 N–H and O–H groups in total. The molecule has 4 nitrogen and oxygen atoms in total. The molecule has 0 saturated carbocycles. The largest absolute Gasteiger partial charge is 0.233 e. The van der Waals surface area contributed by atoms with Crippen LogP contribution in [-0.4, -0.2) is 11.5 Å². The Labute approximate surface area is 335 Å². The Kier molecular flexibility index (Phi) is 20.5. The summed E-state index contributed by atoms with van der Waals surface area (Å²) >= 11 is 0. The molecular weight excluding hydrogens is 669 g/mol. The Balaban J connectivity index is 1.98. The Hall–Kier alpha value is -4.28. The summed E-state index contributed by atoms with van der Waals surface area (Å²) in [5, 5.41) is 20.7. The average molecular weight is 739 g/mol. The second-order valence-electron chi connectivity index (χ2n) is 16.0. The minimum Gasteiger partial charge on any atom is -0.233 e. The molecule has 55 heavy (non-hydrogen) atoms. The van der Waals surface area contributed by atoms with Gasteiger partial charge in [0.2, 0.25) is 0 Å². The first kappa shape index (κ1) is 45.1. The van der Waals surface area contributed by atoms with E-state index in [1.54, 1.807) is 0 Å². The summed E-state index contributed by atoms with van der Waals surface area (Å²) < 4.78 is 0. The Morgan fingerprint density at radius 3 is 1.58 bits per heavy atom.